The Bertz CT molecular complexity index is 1690. The lowest BCUT2D eigenvalue weighted by Crippen LogP contribution is -2.61. The predicted octanol–water partition coefficient (Wildman–Crippen LogP) is -3.72. The Kier molecular flexibility index (Phi) is 13.9. The first kappa shape index (κ1) is 40.2. The number of aliphatic hydroxyl groups excluding tert-OH is 3. The number of hydrogen-bond acceptors (Lipinski definition) is 15. The summed E-state index contributed by atoms with van der Waals surface area (Å²) in [6.45, 7) is -0.224. The van der Waals surface area contributed by atoms with E-state index in [0.29, 0.717) is 10.5 Å². The van der Waals surface area contributed by atoms with Gasteiger partial charge >= 0.3 is 11.9 Å². The van der Waals surface area contributed by atoms with E-state index >= 15 is 0 Å². The Hall–Kier alpha value is -5.26. The van der Waals surface area contributed by atoms with E-state index in [-0.39, 0.29) is 18.0 Å². The summed E-state index contributed by atoms with van der Waals surface area (Å²) in [6, 6.07) is 2.15. The molecule has 51 heavy (non-hydrogen) atoms. The quantitative estimate of drug-likeness (QED) is 0.0458. The largest absolute Gasteiger partial charge is 0.479 e. The lowest BCUT2D eigenvalue weighted by Gasteiger charge is -2.38. The molecule has 1 saturated heterocycles. The van der Waals surface area contributed by atoms with Crippen LogP contribution in [-0.4, -0.2) is 142 Å². The number of esters is 1. The summed E-state index contributed by atoms with van der Waals surface area (Å²) in [5, 5.41) is 46.4. The van der Waals surface area contributed by atoms with E-state index in [2.05, 4.69) is 10.6 Å². The van der Waals surface area contributed by atoms with Crippen molar-refractivity contribution >= 4 is 63.4 Å². The maximum absolute atomic E-state index is 12.9. The highest BCUT2D eigenvalue weighted by atomic mass is 32.2. The van der Waals surface area contributed by atoms with Gasteiger partial charge in [0.25, 0.3) is 21.9 Å². The zero-order valence-electron chi connectivity index (χ0n) is 26.5. The number of carbonyl (C=O) groups excluding carboxylic acids is 6. The average molecular weight is 743 g/mol. The molecule has 8 N–H and O–H groups in total. The number of aliphatic carboxylic acids is 1. The molecule has 21 nitrogen and oxygen atoms in total. The molecule has 1 aromatic rings. The summed E-state index contributed by atoms with van der Waals surface area (Å²) in [6.07, 6.45) is -5.53. The van der Waals surface area contributed by atoms with Gasteiger partial charge in [0.2, 0.25) is 24.0 Å². The van der Waals surface area contributed by atoms with Crippen LogP contribution >= 0.6 is 0 Å². The summed E-state index contributed by atoms with van der Waals surface area (Å²) < 4.78 is 47.8. The fourth-order valence-corrected chi connectivity index (χ4v) is 5.13. The molecule has 1 fully saturated rings. The van der Waals surface area contributed by atoms with Crippen molar-refractivity contribution in [1.29, 1.82) is 0 Å². The van der Waals surface area contributed by atoms with Gasteiger partial charge in [-0.25, -0.2) is 4.79 Å². The minimum atomic E-state index is -4.85. The maximum Gasteiger partial charge on any atom is 0.335 e. The molecule has 3 rings (SSSR count). The Morgan fingerprint density at radius 3 is 2.29 bits per heavy atom. The second-order valence-electron chi connectivity index (χ2n) is 10.9. The number of carboxylic acids is 1. The predicted molar refractivity (Wildman–Crippen MR) is 168 cm³/mol. The molecular formula is C29H34N4O17S. The molecule has 6 atom stereocenters. The van der Waals surface area contributed by atoms with Crippen LogP contribution in [0.25, 0.3) is 6.08 Å². The molecule has 2 aliphatic heterocycles. The third-order valence-corrected chi connectivity index (χ3v) is 7.66. The molecule has 0 aliphatic carbocycles. The van der Waals surface area contributed by atoms with Crippen LogP contribution in [0.2, 0.25) is 0 Å². The van der Waals surface area contributed by atoms with Crippen LogP contribution in [0.1, 0.15) is 18.9 Å². The van der Waals surface area contributed by atoms with Gasteiger partial charge < -0.3 is 50.6 Å². The minimum Gasteiger partial charge on any atom is -0.479 e. The molecule has 22 heteroatoms. The number of rotatable bonds is 16. The summed E-state index contributed by atoms with van der Waals surface area (Å²) in [5.41, 5.74) is 0.292. The Labute approximate surface area is 288 Å². The summed E-state index contributed by atoms with van der Waals surface area (Å²) in [4.78, 5) is 84.5. The number of nitrogens with one attached hydrogen (secondary N) is 3. The number of anilines is 1. The first-order valence-corrected chi connectivity index (χ1v) is 16.4. The van der Waals surface area contributed by atoms with Crippen LogP contribution in [0.15, 0.2) is 36.4 Å². The van der Waals surface area contributed by atoms with Gasteiger partial charge in [-0.05, 0) is 23.8 Å². The lowest BCUT2D eigenvalue weighted by molar-refractivity contribution is -0.271. The number of imide groups is 1. The van der Waals surface area contributed by atoms with E-state index in [9.17, 15) is 67.0 Å². The van der Waals surface area contributed by atoms with Gasteiger partial charge in [-0.3, -0.25) is 38.2 Å². The van der Waals surface area contributed by atoms with Gasteiger partial charge in [0.15, 0.2) is 6.10 Å². The third-order valence-electron chi connectivity index (χ3n) is 6.91. The van der Waals surface area contributed by atoms with Crippen LogP contribution in [0, 0.1) is 0 Å². The van der Waals surface area contributed by atoms with Crippen molar-refractivity contribution in [2.75, 3.05) is 30.8 Å². The Balaban J connectivity index is 1.71. The van der Waals surface area contributed by atoms with Crippen LogP contribution < -0.4 is 20.7 Å². The number of hydrogen-bond donors (Lipinski definition) is 8. The molecule has 0 aromatic heterocycles. The summed E-state index contributed by atoms with van der Waals surface area (Å²) >= 11 is 0. The number of carbonyl (C=O) groups is 7. The maximum atomic E-state index is 12.9. The first-order chi connectivity index (χ1) is 23.9. The number of carboxylic acid groups (broad SMARTS) is 1. The van der Waals surface area contributed by atoms with Gasteiger partial charge in [0, 0.05) is 32.0 Å². The monoisotopic (exact) mass is 742 g/mol. The standard InChI is InChI=1S/C29H34N4O17S/c1-14(34)48-10-2-3-15-4-5-18(49-29-25(41)23(39)24(40)26(50-29)28(43)44)16(11-15)31-19(35)8-9-30-27(42)17(13-51(45,46)47)32-20(36)12-33-21(37)6-7-22(33)38/h2-7,11,17,23-26,29,39-41H,8-10,12-13H2,1H3,(H,30,42)(H,31,35)(H,32,36)(H,43,44)(H,45,46,47)/b3-2+/t17-,23-,24+,25-,26-,29+/m0/s1. The zero-order chi connectivity index (χ0) is 38.0. The molecule has 0 radical (unpaired) electrons. The van der Waals surface area contributed by atoms with Crippen molar-refractivity contribution in [2.24, 2.45) is 0 Å². The third kappa shape index (κ3) is 11.9. The number of ether oxygens (including phenoxy) is 3. The van der Waals surface area contributed by atoms with Crippen LogP contribution in [-0.2, 0) is 53.2 Å². The highest BCUT2D eigenvalue weighted by Crippen LogP contribution is 2.31. The van der Waals surface area contributed by atoms with Crippen molar-refractivity contribution in [3.05, 3.63) is 42.0 Å². The fraction of sp³-hybridized carbons (Fsp3) is 0.414. The van der Waals surface area contributed by atoms with E-state index < -0.39 is 114 Å². The van der Waals surface area contributed by atoms with Gasteiger partial charge in [0.1, 0.15) is 49.0 Å². The molecular weight excluding hydrogens is 708 g/mol. The SMILES string of the molecule is CC(=O)OC/C=C/c1ccc(O[C@@H]2O[C@H](C(=O)O)[C@H](O)[C@H](O)[C@@H]2O)c(NC(=O)CCNC(=O)[C@H](CS(=O)(=O)O)NC(=O)CN2C(=O)C=CC2=O)c1. The second kappa shape index (κ2) is 17.6. The average Bonchev–Trinajstić information content (AvgIpc) is 3.35. The lowest BCUT2D eigenvalue weighted by atomic mass is 9.99. The topological polar surface area (TPSA) is 322 Å². The summed E-state index contributed by atoms with van der Waals surface area (Å²) in [5.74, 6) is -8.44. The number of benzene rings is 1. The van der Waals surface area contributed by atoms with Crippen molar-refractivity contribution < 1.29 is 81.2 Å². The molecule has 5 amide bonds. The highest BCUT2D eigenvalue weighted by Gasteiger charge is 2.48. The van der Waals surface area contributed by atoms with Crippen molar-refractivity contribution in [1.82, 2.24) is 15.5 Å². The van der Waals surface area contributed by atoms with Gasteiger partial charge in [-0.1, -0.05) is 12.1 Å². The van der Waals surface area contributed by atoms with Crippen molar-refractivity contribution in [3.8, 4) is 5.75 Å². The number of aliphatic hydroxyl groups is 3. The Morgan fingerprint density at radius 2 is 1.69 bits per heavy atom. The molecule has 0 spiro atoms. The number of nitrogens with zero attached hydrogens (tertiary/aromatic N) is 1. The molecule has 1 aromatic carbocycles. The van der Waals surface area contributed by atoms with Crippen LogP contribution in [0.5, 0.6) is 5.75 Å². The van der Waals surface area contributed by atoms with Crippen LogP contribution in [0.3, 0.4) is 0 Å². The van der Waals surface area contributed by atoms with E-state index in [1.54, 1.807) is 0 Å². The fourth-order valence-electron chi connectivity index (χ4n) is 4.48. The minimum absolute atomic E-state index is 0.0986. The zero-order valence-corrected chi connectivity index (χ0v) is 27.3. The van der Waals surface area contributed by atoms with E-state index in [0.717, 1.165) is 12.2 Å². The van der Waals surface area contributed by atoms with Crippen molar-refractivity contribution in [2.45, 2.75) is 50.1 Å². The van der Waals surface area contributed by atoms with Gasteiger partial charge in [-0.2, -0.15) is 8.42 Å². The molecule has 0 unspecified atom stereocenters. The van der Waals surface area contributed by atoms with E-state index in [4.69, 9.17) is 14.2 Å². The highest BCUT2D eigenvalue weighted by molar-refractivity contribution is 7.85. The van der Waals surface area contributed by atoms with Gasteiger partial charge in [0.05, 0.1) is 5.69 Å². The smallest absolute Gasteiger partial charge is 0.335 e. The summed E-state index contributed by atoms with van der Waals surface area (Å²) in [7, 11) is -4.85. The molecule has 2 heterocycles. The second-order valence-corrected chi connectivity index (χ2v) is 12.4. The van der Waals surface area contributed by atoms with Crippen molar-refractivity contribution in [3.63, 3.8) is 0 Å². The van der Waals surface area contributed by atoms with E-state index in [1.807, 2.05) is 5.32 Å². The molecule has 278 valence electrons. The molecule has 2 aliphatic rings. The van der Waals surface area contributed by atoms with E-state index in [1.165, 1.54) is 37.3 Å². The first-order valence-electron chi connectivity index (χ1n) is 14.7. The molecule has 0 bridgehead atoms. The Morgan fingerprint density at radius 1 is 1.02 bits per heavy atom. The molecule has 0 saturated carbocycles. The van der Waals surface area contributed by atoms with Gasteiger partial charge in [-0.15, -0.1) is 0 Å². The normalized spacial score (nSPS) is 22.4. The van der Waals surface area contributed by atoms with Crippen LogP contribution in [0.4, 0.5) is 5.69 Å². The number of amides is 5.